The standard InChI is InChI=1S/C48H62N4/c1-33(2)41-25-17-26-42(34(3)4)47(41)51-45(49-39-21-11-9-12-22-39)31-29-37-19-15-16-20-38(37)30-32-46(50-40-23-13-10-14-24-40)52-48-43(35(5)6)27-18-28-44(48)36(7)8/h15-20,25-28,33-36,39-40H,9-14,21-24H2,1-8H3,(H,49,51)(H,50,52). The number of nitrogens with one attached hydrogen (secondary N) is 2. The Morgan fingerprint density at radius 3 is 1.12 bits per heavy atom. The Bertz CT molecular complexity index is 1640. The summed E-state index contributed by atoms with van der Waals surface area (Å²) in [7, 11) is 0. The van der Waals surface area contributed by atoms with Crippen LogP contribution in [0.25, 0.3) is 0 Å². The SMILES string of the molecule is CC(C)c1cccc(C(C)C)c1NC(C#Cc1ccccc1C#CC(=NC1CCCCC1)Nc1c(C(C)C)cccc1C(C)C)=NC1CCCCC1. The molecule has 4 nitrogen and oxygen atoms in total. The van der Waals surface area contributed by atoms with Crippen molar-refractivity contribution in [3.05, 3.63) is 94.0 Å². The second-order valence-corrected chi connectivity index (χ2v) is 16.1. The highest BCUT2D eigenvalue weighted by Crippen LogP contribution is 2.34. The van der Waals surface area contributed by atoms with Gasteiger partial charge in [-0.25, -0.2) is 0 Å². The third-order valence-corrected chi connectivity index (χ3v) is 10.6. The van der Waals surface area contributed by atoms with E-state index in [1.54, 1.807) is 0 Å². The molecule has 2 saturated carbocycles. The lowest BCUT2D eigenvalue weighted by molar-refractivity contribution is 0.443. The Labute approximate surface area is 315 Å². The third kappa shape index (κ3) is 10.6. The van der Waals surface area contributed by atoms with Gasteiger partial charge in [0.1, 0.15) is 0 Å². The van der Waals surface area contributed by atoms with Gasteiger partial charge in [-0.2, -0.15) is 0 Å². The molecule has 0 spiro atoms. The van der Waals surface area contributed by atoms with E-state index in [9.17, 15) is 0 Å². The smallest absolute Gasteiger partial charge is 0.179 e. The number of hydrogen-bond acceptors (Lipinski definition) is 2. The summed E-state index contributed by atoms with van der Waals surface area (Å²) >= 11 is 0. The molecule has 0 heterocycles. The van der Waals surface area contributed by atoms with Crippen LogP contribution < -0.4 is 10.6 Å². The summed E-state index contributed by atoms with van der Waals surface area (Å²) in [6.45, 7) is 18.1. The highest BCUT2D eigenvalue weighted by atomic mass is 15.0. The fourth-order valence-corrected chi connectivity index (χ4v) is 7.56. The van der Waals surface area contributed by atoms with Crippen LogP contribution in [0.4, 0.5) is 11.4 Å². The molecule has 4 heteroatoms. The van der Waals surface area contributed by atoms with Gasteiger partial charge in [0.15, 0.2) is 11.7 Å². The number of anilines is 2. The van der Waals surface area contributed by atoms with E-state index >= 15 is 0 Å². The van der Waals surface area contributed by atoms with Gasteiger partial charge in [-0.15, -0.1) is 0 Å². The van der Waals surface area contributed by atoms with Crippen LogP contribution in [-0.2, 0) is 0 Å². The van der Waals surface area contributed by atoms with Gasteiger partial charge < -0.3 is 10.6 Å². The lowest BCUT2D eigenvalue weighted by Gasteiger charge is -2.22. The number of amidine groups is 2. The zero-order chi connectivity index (χ0) is 37.0. The summed E-state index contributed by atoms with van der Waals surface area (Å²) < 4.78 is 0. The number of hydrogen-bond donors (Lipinski definition) is 2. The van der Waals surface area contributed by atoms with Crippen LogP contribution in [0.5, 0.6) is 0 Å². The minimum Gasteiger partial charge on any atom is -0.333 e. The number of para-hydroxylation sites is 2. The topological polar surface area (TPSA) is 48.8 Å². The van der Waals surface area contributed by atoms with E-state index < -0.39 is 0 Å². The molecule has 5 rings (SSSR count). The van der Waals surface area contributed by atoms with Crippen LogP contribution in [-0.4, -0.2) is 23.8 Å². The van der Waals surface area contributed by atoms with Crippen LogP contribution >= 0.6 is 0 Å². The number of aliphatic imine (C=N–C) groups is 2. The van der Waals surface area contributed by atoms with Crippen LogP contribution in [0.2, 0.25) is 0 Å². The van der Waals surface area contributed by atoms with Gasteiger partial charge in [0.25, 0.3) is 0 Å². The first kappa shape index (κ1) is 38.9. The predicted molar refractivity (Wildman–Crippen MR) is 225 cm³/mol. The summed E-state index contributed by atoms with van der Waals surface area (Å²) in [6, 6.07) is 22.1. The molecule has 2 N–H and O–H groups in total. The number of nitrogens with zero attached hydrogens (tertiary/aromatic N) is 2. The molecule has 0 saturated heterocycles. The molecular formula is C48H62N4. The highest BCUT2D eigenvalue weighted by molar-refractivity contribution is 6.10. The lowest BCUT2D eigenvalue weighted by atomic mass is 9.92. The molecule has 2 fully saturated rings. The molecule has 2 aliphatic carbocycles. The van der Waals surface area contributed by atoms with E-state index in [2.05, 4.69) is 150 Å². The van der Waals surface area contributed by atoms with Gasteiger partial charge in [0.2, 0.25) is 0 Å². The van der Waals surface area contributed by atoms with Gasteiger partial charge in [0.05, 0.1) is 12.1 Å². The average Bonchev–Trinajstić information content (AvgIpc) is 3.13. The van der Waals surface area contributed by atoms with Crippen molar-refractivity contribution in [1.82, 2.24) is 0 Å². The van der Waals surface area contributed by atoms with Crippen molar-refractivity contribution in [2.75, 3.05) is 10.6 Å². The summed E-state index contributed by atoms with van der Waals surface area (Å²) in [5.74, 6) is 17.1. The molecule has 3 aromatic carbocycles. The summed E-state index contributed by atoms with van der Waals surface area (Å²) in [4.78, 5) is 10.5. The Morgan fingerprint density at radius 1 is 0.481 bits per heavy atom. The molecule has 0 amide bonds. The van der Waals surface area contributed by atoms with E-state index in [-0.39, 0.29) is 0 Å². The second kappa shape index (κ2) is 19.0. The largest absolute Gasteiger partial charge is 0.333 e. The van der Waals surface area contributed by atoms with Crippen molar-refractivity contribution in [3.8, 4) is 23.7 Å². The molecule has 0 unspecified atom stereocenters. The Balaban J connectivity index is 1.54. The quantitative estimate of drug-likeness (QED) is 0.140. The van der Waals surface area contributed by atoms with Crippen molar-refractivity contribution >= 4 is 23.0 Å². The summed E-state index contributed by atoms with van der Waals surface area (Å²) in [6.07, 6.45) is 12.0. The molecule has 0 aliphatic heterocycles. The minimum absolute atomic E-state index is 0.295. The average molecular weight is 695 g/mol. The van der Waals surface area contributed by atoms with Crippen molar-refractivity contribution in [2.45, 2.75) is 155 Å². The summed E-state index contributed by atoms with van der Waals surface area (Å²) in [5, 5.41) is 7.56. The maximum Gasteiger partial charge on any atom is 0.179 e. The predicted octanol–water partition coefficient (Wildman–Crippen LogP) is 12.6. The highest BCUT2D eigenvalue weighted by Gasteiger charge is 2.19. The molecular weight excluding hydrogens is 633 g/mol. The normalized spacial score (nSPS) is 16.2. The first-order chi connectivity index (χ1) is 25.1. The molecule has 274 valence electrons. The molecule has 3 aromatic rings. The first-order valence-corrected chi connectivity index (χ1v) is 20.2. The Kier molecular flexibility index (Phi) is 14.2. The zero-order valence-corrected chi connectivity index (χ0v) is 33.2. The van der Waals surface area contributed by atoms with Crippen LogP contribution in [0.15, 0.2) is 70.6 Å². The monoisotopic (exact) mass is 694 g/mol. The Hall–Kier alpha value is -4.28. The van der Waals surface area contributed by atoms with Crippen molar-refractivity contribution < 1.29 is 0 Å². The fourth-order valence-electron chi connectivity index (χ4n) is 7.56. The molecule has 0 aromatic heterocycles. The molecule has 0 radical (unpaired) electrons. The Morgan fingerprint density at radius 2 is 0.808 bits per heavy atom. The molecule has 0 bridgehead atoms. The number of rotatable bonds is 8. The summed E-state index contributed by atoms with van der Waals surface area (Å²) in [5.41, 5.74) is 9.30. The third-order valence-electron chi connectivity index (χ3n) is 10.6. The van der Waals surface area contributed by atoms with E-state index in [0.29, 0.717) is 35.8 Å². The van der Waals surface area contributed by atoms with Crippen molar-refractivity contribution in [3.63, 3.8) is 0 Å². The first-order valence-electron chi connectivity index (χ1n) is 20.2. The van der Waals surface area contributed by atoms with Crippen LogP contribution in [0, 0.1) is 23.7 Å². The van der Waals surface area contributed by atoms with Crippen molar-refractivity contribution in [2.24, 2.45) is 9.98 Å². The van der Waals surface area contributed by atoms with E-state index in [1.807, 2.05) is 0 Å². The van der Waals surface area contributed by atoms with Gasteiger partial charge in [-0.3, -0.25) is 9.98 Å². The van der Waals surface area contributed by atoms with Gasteiger partial charge in [0, 0.05) is 22.5 Å². The minimum atomic E-state index is 0.295. The van der Waals surface area contributed by atoms with E-state index in [0.717, 1.165) is 59.9 Å². The van der Waals surface area contributed by atoms with E-state index in [4.69, 9.17) is 9.98 Å². The van der Waals surface area contributed by atoms with Gasteiger partial charge >= 0.3 is 0 Å². The molecule has 52 heavy (non-hydrogen) atoms. The second-order valence-electron chi connectivity index (χ2n) is 16.1. The zero-order valence-electron chi connectivity index (χ0n) is 33.2. The number of benzene rings is 3. The molecule has 2 aliphatic rings. The van der Waals surface area contributed by atoms with Crippen LogP contribution in [0.1, 0.15) is 177 Å². The maximum absolute atomic E-state index is 5.27. The molecule has 0 atom stereocenters. The fraction of sp³-hybridized carbons (Fsp3) is 0.500. The van der Waals surface area contributed by atoms with Gasteiger partial charge in [-0.1, -0.05) is 154 Å². The van der Waals surface area contributed by atoms with Gasteiger partial charge in [-0.05, 0) is 95.6 Å². The maximum atomic E-state index is 5.27. The van der Waals surface area contributed by atoms with E-state index in [1.165, 1.54) is 60.8 Å². The lowest BCUT2D eigenvalue weighted by Crippen LogP contribution is -2.19. The van der Waals surface area contributed by atoms with Crippen LogP contribution in [0.3, 0.4) is 0 Å². The van der Waals surface area contributed by atoms with Crippen molar-refractivity contribution in [1.29, 1.82) is 0 Å².